The monoisotopic (exact) mass is 448 g/mol. The lowest BCUT2D eigenvalue weighted by Crippen LogP contribution is -2.43. The Labute approximate surface area is 194 Å². The van der Waals surface area contributed by atoms with Crippen molar-refractivity contribution >= 4 is 11.8 Å². The molecule has 0 aliphatic carbocycles. The van der Waals surface area contributed by atoms with Crippen molar-refractivity contribution in [3.05, 3.63) is 101 Å². The predicted molar refractivity (Wildman–Crippen MR) is 126 cm³/mol. The van der Waals surface area contributed by atoms with Crippen molar-refractivity contribution < 1.29 is 18.7 Å². The predicted octanol–water partition coefficient (Wildman–Crippen LogP) is 5.02. The summed E-state index contributed by atoms with van der Waals surface area (Å²) < 4.78 is 18.8. The van der Waals surface area contributed by atoms with Gasteiger partial charge in [0.1, 0.15) is 17.6 Å². The van der Waals surface area contributed by atoms with Crippen LogP contribution in [0.1, 0.15) is 42.5 Å². The maximum atomic E-state index is 13.5. The van der Waals surface area contributed by atoms with Crippen LogP contribution in [0.5, 0.6) is 5.75 Å². The van der Waals surface area contributed by atoms with Gasteiger partial charge in [0.25, 0.3) is 0 Å². The Morgan fingerprint density at radius 2 is 1.64 bits per heavy atom. The van der Waals surface area contributed by atoms with E-state index in [2.05, 4.69) is 5.32 Å². The van der Waals surface area contributed by atoms with Crippen LogP contribution in [0, 0.1) is 5.82 Å². The summed E-state index contributed by atoms with van der Waals surface area (Å²) in [7, 11) is 1.58. The molecule has 5 nitrogen and oxygen atoms in total. The van der Waals surface area contributed by atoms with Crippen molar-refractivity contribution in [2.75, 3.05) is 7.11 Å². The van der Waals surface area contributed by atoms with Crippen molar-refractivity contribution in [1.29, 1.82) is 0 Å². The number of hydrogen-bond donors (Lipinski definition) is 1. The van der Waals surface area contributed by atoms with Gasteiger partial charge < -0.3 is 15.0 Å². The van der Waals surface area contributed by atoms with E-state index in [1.807, 2.05) is 61.5 Å². The molecule has 0 spiro atoms. The zero-order chi connectivity index (χ0) is 23.6. The fourth-order valence-electron chi connectivity index (χ4n) is 3.70. The molecule has 2 amide bonds. The fraction of sp³-hybridized carbons (Fsp3) is 0.259. The van der Waals surface area contributed by atoms with Crippen LogP contribution in [-0.2, 0) is 22.7 Å². The molecule has 172 valence electrons. The van der Waals surface area contributed by atoms with Gasteiger partial charge in [-0.2, -0.15) is 0 Å². The first-order valence-corrected chi connectivity index (χ1v) is 11.0. The first-order valence-electron chi connectivity index (χ1n) is 11.0. The van der Waals surface area contributed by atoms with E-state index >= 15 is 0 Å². The first kappa shape index (κ1) is 24.0. The summed E-state index contributed by atoms with van der Waals surface area (Å²) in [5.74, 6) is -0.0968. The molecule has 0 aliphatic heterocycles. The molecule has 0 fully saturated rings. The lowest BCUT2D eigenvalue weighted by atomic mass is 10.0. The Kier molecular flexibility index (Phi) is 8.58. The van der Waals surface area contributed by atoms with Crippen LogP contribution in [0.25, 0.3) is 0 Å². The number of para-hydroxylation sites is 1. The molecule has 33 heavy (non-hydrogen) atoms. The van der Waals surface area contributed by atoms with Gasteiger partial charge in [-0.25, -0.2) is 4.39 Å². The van der Waals surface area contributed by atoms with E-state index < -0.39 is 6.04 Å². The quantitative estimate of drug-likeness (QED) is 0.474. The second-order valence-electron chi connectivity index (χ2n) is 7.74. The molecule has 6 heteroatoms. The summed E-state index contributed by atoms with van der Waals surface area (Å²) in [5.41, 5.74) is 2.30. The number of carbonyl (C=O) groups is 2. The fourth-order valence-corrected chi connectivity index (χ4v) is 3.70. The van der Waals surface area contributed by atoms with Crippen LogP contribution in [0.2, 0.25) is 0 Å². The molecule has 0 saturated heterocycles. The Morgan fingerprint density at radius 1 is 0.970 bits per heavy atom. The smallest absolute Gasteiger partial charge is 0.247 e. The normalized spacial score (nSPS) is 11.5. The standard InChI is InChI=1S/C27H29FN2O3/c1-3-9-25(31)30(19-20-14-16-23(28)17-15-20)26(21-10-5-4-6-11-21)27(32)29-18-22-12-7-8-13-24(22)33-2/h4-8,10-17,26H,3,9,18-19H2,1-2H3,(H,29,32)/t26-/m0/s1. The highest BCUT2D eigenvalue weighted by Crippen LogP contribution is 2.26. The minimum absolute atomic E-state index is 0.136. The summed E-state index contributed by atoms with van der Waals surface area (Å²) in [5, 5.41) is 2.97. The van der Waals surface area contributed by atoms with E-state index in [1.165, 1.54) is 12.1 Å². The van der Waals surface area contributed by atoms with E-state index in [4.69, 9.17) is 4.74 Å². The number of rotatable bonds is 10. The average Bonchev–Trinajstić information content (AvgIpc) is 2.84. The van der Waals surface area contributed by atoms with Gasteiger partial charge >= 0.3 is 0 Å². The van der Waals surface area contributed by atoms with Crippen molar-refractivity contribution in [2.24, 2.45) is 0 Å². The molecule has 0 aliphatic rings. The second kappa shape index (κ2) is 11.8. The Balaban J connectivity index is 1.92. The van der Waals surface area contributed by atoms with E-state index in [9.17, 15) is 14.0 Å². The largest absolute Gasteiger partial charge is 0.496 e. The van der Waals surface area contributed by atoms with Crippen LogP contribution in [0.15, 0.2) is 78.9 Å². The van der Waals surface area contributed by atoms with Crippen LogP contribution in [0.4, 0.5) is 4.39 Å². The lowest BCUT2D eigenvalue weighted by molar-refractivity contribution is -0.141. The number of nitrogens with one attached hydrogen (secondary N) is 1. The summed E-state index contributed by atoms with van der Waals surface area (Å²) in [4.78, 5) is 28.2. The third-order valence-corrected chi connectivity index (χ3v) is 5.37. The van der Waals surface area contributed by atoms with Gasteiger partial charge in [-0.15, -0.1) is 0 Å². The maximum Gasteiger partial charge on any atom is 0.247 e. The molecule has 0 bridgehead atoms. The van der Waals surface area contributed by atoms with E-state index in [0.29, 0.717) is 24.2 Å². The van der Waals surface area contributed by atoms with Gasteiger partial charge in [-0.1, -0.05) is 67.6 Å². The van der Waals surface area contributed by atoms with Crippen molar-refractivity contribution in [1.82, 2.24) is 10.2 Å². The second-order valence-corrected chi connectivity index (χ2v) is 7.74. The summed E-state index contributed by atoms with van der Waals surface area (Å²) in [6.45, 7) is 2.38. The van der Waals surface area contributed by atoms with E-state index in [-0.39, 0.29) is 30.7 Å². The highest BCUT2D eigenvalue weighted by atomic mass is 19.1. The Morgan fingerprint density at radius 3 is 2.30 bits per heavy atom. The van der Waals surface area contributed by atoms with Gasteiger partial charge in [-0.05, 0) is 35.7 Å². The number of nitrogens with zero attached hydrogens (tertiary/aromatic N) is 1. The molecule has 1 atom stereocenters. The summed E-state index contributed by atoms with van der Waals surface area (Å²) >= 11 is 0. The van der Waals surface area contributed by atoms with E-state index in [1.54, 1.807) is 24.1 Å². The number of amides is 2. The molecule has 3 aromatic carbocycles. The number of methoxy groups -OCH3 is 1. The number of hydrogen-bond acceptors (Lipinski definition) is 3. The molecular weight excluding hydrogens is 419 g/mol. The number of halogens is 1. The molecule has 3 rings (SSSR count). The summed E-state index contributed by atoms with van der Waals surface area (Å²) in [6, 6.07) is 21.9. The maximum absolute atomic E-state index is 13.5. The van der Waals surface area contributed by atoms with Crippen molar-refractivity contribution in [2.45, 2.75) is 38.9 Å². The molecule has 1 N–H and O–H groups in total. The minimum Gasteiger partial charge on any atom is -0.496 e. The Bertz CT molecular complexity index is 1050. The van der Waals surface area contributed by atoms with Crippen molar-refractivity contribution in [3.8, 4) is 5.75 Å². The average molecular weight is 449 g/mol. The van der Waals surface area contributed by atoms with Crippen LogP contribution in [0.3, 0.4) is 0 Å². The van der Waals surface area contributed by atoms with Crippen molar-refractivity contribution in [3.63, 3.8) is 0 Å². The minimum atomic E-state index is -0.829. The number of carbonyl (C=O) groups excluding carboxylic acids is 2. The molecule has 0 aromatic heterocycles. The summed E-state index contributed by atoms with van der Waals surface area (Å²) in [6.07, 6.45) is 0.966. The van der Waals surface area contributed by atoms with Gasteiger partial charge in [-0.3, -0.25) is 9.59 Å². The lowest BCUT2D eigenvalue weighted by Gasteiger charge is -2.31. The molecule has 3 aromatic rings. The third kappa shape index (κ3) is 6.42. The third-order valence-electron chi connectivity index (χ3n) is 5.37. The van der Waals surface area contributed by atoms with Crippen LogP contribution >= 0.6 is 0 Å². The van der Waals surface area contributed by atoms with Crippen LogP contribution in [-0.4, -0.2) is 23.8 Å². The zero-order valence-corrected chi connectivity index (χ0v) is 19.0. The first-order chi connectivity index (χ1) is 16.0. The molecule has 0 heterocycles. The van der Waals surface area contributed by atoms with E-state index in [0.717, 1.165) is 11.1 Å². The molecular formula is C27H29FN2O3. The zero-order valence-electron chi connectivity index (χ0n) is 19.0. The number of ether oxygens (including phenoxy) is 1. The Hall–Kier alpha value is -3.67. The van der Waals surface area contributed by atoms with Crippen LogP contribution < -0.4 is 10.1 Å². The van der Waals surface area contributed by atoms with Gasteiger partial charge in [0, 0.05) is 25.1 Å². The molecule has 0 radical (unpaired) electrons. The SMILES string of the molecule is CCCC(=O)N(Cc1ccc(F)cc1)[C@H](C(=O)NCc1ccccc1OC)c1ccccc1. The van der Waals surface area contributed by atoms with Gasteiger partial charge in [0.05, 0.1) is 7.11 Å². The highest BCUT2D eigenvalue weighted by molar-refractivity contribution is 5.88. The highest BCUT2D eigenvalue weighted by Gasteiger charge is 2.31. The van der Waals surface area contributed by atoms with Gasteiger partial charge in [0.15, 0.2) is 0 Å². The number of benzene rings is 3. The topological polar surface area (TPSA) is 58.6 Å². The molecule has 0 saturated carbocycles. The molecule has 0 unspecified atom stereocenters. The van der Waals surface area contributed by atoms with Gasteiger partial charge in [0.2, 0.25) is 11.8 Å².